The zero-order valence-electron chi connectivity index (χ0n) is 16.0. The van der Waals surface area contributed by atoms with Crippen LogP contribution < -0.4 is 15.0 Å². The molecule has 1 heterocycles. The van der Waals surface area contributed by atoms with Crippen molar-refractivity contribution in [2.75, 3.05) is 49.5 Å². The van der Waals surface area contributed by atoms with E-state index in [4.69, 9.17) is 4.74 Å². The second kappa shape index (κ2) is 9.52. The van der Waals surface area contributed by atoms with Gasteiger partial charge >= 0.3 is 0 Å². The molecule has 1 aliphatic rings. The molecule has 0 radical (unpaired) electrons. The van der Waals surface area contributed by atoms with Crippen LogP contribution in [0.15, 0.2) is 48.5 Å². The number of hydrogen-bond donors (Lipinski definition) is 2. The Bertz CT molecular complexity index is 759. The molecule has 1 aliphatic heterocycles. The summed E-state index contributed by atoms with van der Waals surface area (Å²) in [5, 5.41) is 13.0. The molecular formula is C21H26FN3O3. The van der Waals surface area contributed by atoms with Crippen LogP contribution in [0.4, 0.5) is 15.8 Å². The van der Waals surface area contributed by atoms with Gasteiger partial charge in [0.25, 0.3) is 0 Å². The number of rotatable bonds is 7. The van der Waals surface area contributed by atoms with Crippen LogP contribution in [0, 0.1) is 5.82 Å². The van der Waals surface area contributed by atoms with Gasteiger partial charge in [-0.05, 0) is 48.5 Å². The average Bonchev–Trinajstić information content (AvgIpc) is 2.68. The lowest BCUT2D eigenvalue weighted by Gasteiger charge is -2.36. The number of carbonyl (C=O) groups excluding carboxylic acids is 1. The van der Waals surface area contributed by atoms with Gasteiger partial charge in [-0.15, -0.1) is 0 Å². The summed E-state index contributed by atoms with van der Waals surface area (Å²) in [4.78, 5) is 15.4. The third-order valence-electron chi connectivity index (χ3n) is 4.65. The van der Waals surface area contributed by atoms with E-state index in [-0.39, 0.29) is 18.3 Å². The summed E-state index contributed by atoms with van der Waals surface area (Å²) in [5.41, 5.74) is 1.73. The van der Waals surface area contributed by atoms with Crippen LogP contribution in [0.25, 0.3) is 0 Å². The lowest BCUT2D eigenvalue weighted by atomic mass is 10.2. The van der Waals surface area contributed by atoms with E-state index in [2.05, 4.69) is 15.1 Å². The van der Waals surface area contributed by atoms with Crippen LogP contribution in [0.2, 0.25) is 0 Å². The number of halogens is 1. The highest BCUT2D eigenvalue weighted by Gasteiger charge is 2.19. The van der Waals surface area contributed by atoms with Gasteiger partial charge in [-0.25, -0.2) is 4.39 Å². The van der Waals surface area contributed by atoms with Crippen molar-refractivity contribution < 1.29 is 19.0 Å². The number of carbonyl (C=O) groups is 1. The summed E-state index contributed by atoms with van der Waals surface area (Å²) in [6, 6.07) is 13.6. The van der Waals surface area contributed by atoms with E-state index in [1.807, 2.05) is 0 Å². The molecule has 0 aliphatic carbocycles. The van der Waals surface area contributed by atoms with Gasteiger partial charge in [0.2, 0.25) is 5.91 Å². The fourth-order valence-corrected chi connectivity index (χ4v) is 3.22. The van der Waals surface area contributed by atoms with Gasteiger partial charge in [0.1, 0.15) is 24.3 Å². The van der Waals surface area contributed by atoms with Crippen molar-refractivity contribution in [1.82, 2.24) is 4.90 Å². The number of hydrogen-bond acceptors (Lipinski definition) is 5. The Morgan fingerprint density at radius 1 is 1.11 bits per heavy atom. The molecule has 28 heavy (non-hydrogen) atoms. The second-order valence-corrected chi connectivity index (χ2v) is 6.93. The molecule has 2 N–H and O–H groups in total. The first-order chi connectivity index (χ1) is 13.5. The van der Waals surface area contributed by atoms with E-state index >= 15 is 0 Å². The molecule has 2 aromatic rings. The van der Waals surface area contributed by atoms with Crippen molar-refractivity contribution in [3.05, 3.63) is 54.3 Å². The van der Waals surface area contributed by atoms with Gasteiger partial charge in [0.05, 0.1) is 0 Å². The average molecular weight is 387 g/mol. The van der Waals surface area contributed by atoms with Crippen molar-refractivity contribution in [3.63, 3.8) is 0 Å². The molecule has 3 rings (SSSR count). The molecule has 150 valence electrons. The lowest BCUT2D eigenvalue weighted by Crippen LogP contribution is -2.49. The van der Waals surface area contributed by atoms with Crippen molar-refractivity contribution >= 4 is 17.3 Å². The number of piperazine rings is 1. The van der Waals surface area contributed by atoms with Crippen LogP contribution in [-0.4, -0.2) is 61.3 Å². The third-order valence-corrected chi connectivity index (χ3v) is 4.65. The number of benzene rings is 2. The number of anilines is 2. The molecule has 0 aromatic heterocycles. The first-order valence-electron chi connectivity index (χ1n) is 9.41. The molecule has 0 unspecified atom stereocenters. The van der Waals surface area contributed by atoms with Gasteiger partial charge < -0.3 is 20.1 Å². The molecule has 2 aromatic carbocycles. The third kappa shape index (κ3) is 5.94. The Morgan fingerprint density at radius 2 is 1.75 bits per heavy atom. The Labute approximate surface area is 164 Å². The smallest absolute Gasteiger partial charge is 0.221 e. The SMILES string of the molecule is CC(=O)Nc1ccc(OC[C@H](O)CN2CCN(c3ccc(F)cc3)CC2)cc1. The van der Waals surface area contributed by atoms with E-state index < -0.39 is 6.10 Å². The number of nitrogens with one attached hydrogen (secondary N) is 1. The van der Waals surface area contributed by atoms with Crippen LogP contribution >= 0.6 is 0 Å². The van der Waals surface area contributed by atoms with Crippen molar-refractivity contribution in [3.8, 4) is 5.75 Å². The maximum atomic E-state index is 13.0. The summed E-state index contributed by atoms with van der Waals surface area (Å²) >= 11 is 0. The number of amides is 1. The summed E-state index contributed by atoms with van der Waals surface area (Å²) in [6.45, 7) is 5.55. The fourth-order valence-electron chi connectivity index (χ4n) is 3.22. The lowest BCUT2D eigenvalue weighted by molar-refractivity contribution is -0.114. The van der Waals surface area contributed by atoms with Gasteiger partial charge in [-0.3, -0.25) is 9.69 Å². The molecule has 7 heteroatoms. The molecule has 1 atom stereocenters. The van der Waals surface area contributed by atoms with Crippen LogP contribution in [0.1, 0.15) is 6.92 Å². The summed E-state index contributed by atoms with van der Waals surface area (Å²) in [7, 11) is 0. The minimum atomic E-state index is -0.590. The molecule has 1 fully saturated rings. The van der Waals surface area contributed by atoms with Crippen molar-refractivity contribution in [2.24, 2.45) is 0 Å². The van der Waals surface area contributed by atoms with E-state index in [1.54, 1.807) is 36.4 Å². The minimum Gasteiger partial charge on any atom is -0.491 e. The quantitative estimate of drug-likeness (QED) is 0.764. The van der Waals surface area contributed by atoms with Gasteiger partial charge in [0, 0.05) is 51.0 Å². The predicted molar refractivity (Wildman–Crippen MR) is 107 cm³/mol. The normalized spacial score (nSPS) is 15.9. The maximum absolute atomic E-state index is 13.0. The van der Waals surface area contributed by atoms with E-state index in [0.717, 1.165) is 31.9 Å². The monoisotopic (exact) mass is 387 g/mol. The number of aliphatic hydroxyl groups excluding tert-OH is 1. The standard InChI is InChI=1S/C21H26FN3O3/c1-16(26)23-18-4-8-21(9-5-18)28-15-20(27)14-24-10-12-25(13-11-24)19-6-2-17(22)3-7-19/h2-9,20,27H,10-15H2,1H3,(H,23,26)/t20-/m1/s1. The molecule has 0 spiro atoms. The zero-order chi connectivity index (χ0) is 19.9. The van der Waals surface area contributed by atoms with Crippen LogP contribution in [0.3, 0.4) is 0 Å². The molecule has 0 saturated carbocycles. The first-order valence-corrected chi connectivity index (χ1v) is 9.41. The molecular weight excluding hydrogens is 361 g/mol. The Balaban J connectivity index is 1.39. The second-order valence-electron chi connectivity index (χ2n) is 6.93. The van der Waals surface area contributed by atoms with Crippen LogP contribution in [0.5, 0.6) is 5.75 Å². The van der Waals surface area contributed by atoms with Crippen molar-refractivity contribution in [2.45, 2.75) is 13.0 Å². The highest BCUT2D eigenvalue weighted by molar-refractivity contribution is 5.88. The predicted octanol–water partition coefficient (Wildman–Crippen LogP) is 2.35. The summed E-state index contributed by atoms with van der Waals surface area (Å²) < 4.78 is 18.7. The Morgan fingerprint density at radius 3 is 2.36 bits per heavy atom. The van der Waals surface area contributed by atoms with E-state index in [1.165, 1.54) is 19.1 Å². The molecule has 0 bridgehead atoms. The summed E-state index contributed by atoms with van der Waals surface area (Å²) in [5.74, 6) is 0.299. The molecule has 1 saturated heterocycles. The number of ether oxygens (including phenoxy) is 1. The number of nitrogens with zero attached hydrogens (tertiary/aromatic N) is 2. The molecule has 6 nitrogen and oxygen atoms in total. The molecule has 1 amide bonds. The highest BCUT2D eigenvalue weighted by atomic mass is 19.1. The van der Waals surface area contributed by atoms with E-state index in [9.17, 15) is 14.3 Å². The van der Waals surface area contributed by atoms with Gasteiger partial charge in [-0.1, -0.05) is 0 Å². The number of aliphatic hydroxyl groups is 1. The van der Waals surface area contributed by atoms with Crippen molar-refractivity contribution in [1.29, 1.82) is 0 Å². The summed E-state index contributed by atoms with van der Waals surface area (Å²) in [6.07, 6.45) is -0.590. The Kier molecular flexibility index (Phi) is 6.84. The highest BCUT2D eigenvalue weighted by Crippen LogP contribution is 2.18. The first kappa shape index (κ1) is 20.1. The number of β-amino-alcohol motifs (C(OH)–C–C–N with tert-alkyl or cyclic N) is 1. The largest absolute Gasteiger partial charge is 0.491 e. The van der Waals surface area contributed by atoms with E-state index in [0.29, 0.717) is 18.0 Å². The topological polar surface area (TPSA) is 65.0 Å². The zero-order valence-corrected chi connectivity index (χ0v) is 16.0. The minimum absolute atomic E-state index is 0.122. The van der Waals surface area contributed by atoms with Gasteiger partial charge in [-0.2, -0.15) is 0 Å². The Hall–Kier alpha value is -2.64. The maximum Gasteiger partial charge on any atom is 0.221 e. The fraction of sp³-hybridized carbons (Fsp3) is 0.381. The van der Waals surface area contributed by atoms with Crippen LogP contribution in [-0.2, 0) is 4.79 Å². The van der Waals surface area contributed by atoms with Gasteiger partial charge in [0.15, 0.2) is 0 Å².